The fourth-order valence-corrected chi connectivity index (χ4v) is 4.79. The minimum atomic E-state index is 0.197. The maximum absolute atomic E-state index is 12.3. The molecule has 5 heteroatoms. The quantitative estimate of drug-likeness (QED) is 0.776. The molecule has 0 amide bonds. The summed E-state index contributed by atoms with van der Waals surface area (Å²) in [6.07, 6.45) is 3.30. The van der Waals surface area contributed by atoms with Crippen LogP contribution in [0.2, 0.25) is 0 Å². The molecule has 1 N–H and O–H groups in total. The first-order valence-corrected chi connectivity index (χ1v) is 8.33. The predicted octanol–water partition coefficient (Wildman–Crippen LogP) is 4.43. The summed E-state index contributed by atoms with van der Waals surface area (Å²) in [6, 6.07) is 6.19. The van der Waals surface area contributed by atoms with E-state index in [0.717, 1.165) is 44.8 Å². The topological polar surface area (TPSA) is 45.8 Å². The second-order valence-electron chi connectivity index (χ2n) is 5.51. The fourth-order valence-electron chi connectivity index (χ4n) is 3.56. The van der Waals surface area contributed by atoms with Crippen molar-refractivity contribution in [2.45, 2.75) is 19.3 Å². The highest BCUT2D eigenvalue weighted by Crippen LogP contribution is 2.51. The third-order valence-electron chi connectivity index (χ3n) is 4.49. The van der Waals surface area contributed by atoms with E-state index in [-0.39, 0.29) is 11.7 Å². The van der Waals surface area contributed by atoms with E-state index >= 15 is 0 Å². The Balaban J connectivity index is 1.89. The summed E-state index contributed by atoms with van der Waals surface area (Å²) in [4.78, 5) is 12.3. The van der Waals surface area contributed by atoms with Crippen molar-refractivity contribution in [3.05, 3.63) is 32.8 Å². The number of nitrogens with one attached hydrogen (secondary N) is 1. The first kappa shape index (κ1) is 12.8. The van der Waals surface area contributed by atoms with Crippen LogP contribution in [0.5, 0.6) is 0 Å². The molecule has 0 bridgehead atoms. The lowest BCUT2D eigenvalue weighted by molar-refractivity contribution is -0.118. The number of fused-ring (bicyclic) bond motifs is 2. The van der Waals surface area contributed by atoms with Crippen LogP contribution in [0.25, 0.3) is 16.5 Å². The summed E-state index contributed by atoms with van der Waals surface area (Å²) < 4.78 is 1.67. The molecule has 4 rings (SSSR count). The van der Waals surface area contributed by atoms with Gasteiger partial charge < -0.3 is 0 Å². The van der Waals surface area contributed by atoms with E-state index in [1.54, 1.807) is 0 Å². The van der Waals surface area contributed by atoms with Crippen molar-refractivity contribution in [3.63, 3.8) is 0 Å². The lowest BCUT2D eigenvalue weighted by Crippen LogP contribution is -2.10. The van der Waals surface area contributed by atoms with E-state index in [0.29, 0.717) is 5.92 Å². The minimum Gasteiger partial charge on any atom is -0.293 e. The maximum Gasteiger partial charge on any atom is 0.173 e. The number of H-pyrrole nitrogens is 1. The second kappa shape index (κ2) is 4.53. The van der Waals surface area contributed by atoms with Gasteiger partial charge >= 0.3 is 0 Å². The molecular weight excluding hydrogens is 384 g/mol. The molecule has 0 aliphatic heterocycles. The number of nitrogens with zero attached hydrogens (tertiary/aromatic N) is 1. The zero-order valence-electron chi connectivity index (χ0n) is 10.6. The number of hydrogen-bond acceptors (Lipinski definition) is 2. The van der Waals surface area contributed by atoms with Crippen LogP contribution in [0.4, 0.5) is 0 Å². The van der Waals surface area contributed by atoms with Crippen molar-refractivity contribution in [1.82, 2.24) is 10.2 Å². The second-order valence-corrected chi connectivity index (χ2v) is 7.09. The molecule has 0 saturated heterocycles. The number of aromatic amines is 1. The summed E-state index contributed by atoms with van der Waals surface area (Å²) in [5, 5.41) is 8.21. The van der Waals surface area contributed by atoms with Crippen LogP contribution >= 0.6 is 31.9 Å². The molecule has 2 atom stereocenters. The Bertz CT molecular complexity index is 762. The Morgan fingerprint density at radius 2 is 2.00 bits per heavy atom. The number of aromatic nitrogens is 2. The molecule has 2 aliphatic carbocycles. The van der Waals surface area contributed by atoms with Gasteiger partial charge in [-0.1, -0.05) is 12.5 Å². The van der Waals surface area contributed by atoms with Crippen LogP contribution in [-0.2, 0) is 4.79 Å². The molecule has 1 heterocycles. The molecule has 2 unspecified atom stereocenters. The SMILES string of the molecule is O=C1C(Br)=C(c2ccc3n[nH]c(Br)c3c2)C2CCCC12. The van der Waals surface area contributed by atoms with Gasteiger partial charge in [0, 0.05) is 11.3 Å². The summed E-state index contributed by atoms with van der Waals surface area (Å²) in [5.74, 6) is 0.872. The average molecular weight is 396 g/mol. The van der Waals surface area contributed by atoms with Gasteiger partial charge in [0.25, 0.3) is 0 Å². The van der Waals surface area contributed by atoms with Gasteiger partial charge in [-0.2, -0.15) is 5.10 Å². The zero-order chi connectivity index (χ0) is 13.9. The van der Waals surface area contributed by atoms with Crippen molar-refractivity contribution in [2.75, 3.05) is 0 Å². The van der Waals surface area contributed by atoms with Crippen molar-refractivity contribution >= 4 is 54.1 Å². The number of rotatable bonds is 1. The number of carbonyl (C=O) groups is 1. The van der Waals surface area contributed by atoms with Gasteiger partial charge in [-0.25, -0.2) is 0 Å². The molecule has 2 aliphatic rings. The third kappa shape index (κ3) is 1.69. The number of ketones is 1. The first-order chi connectivity index (χ1) is 9.66. The van der Waals surface area contributed by atoms with E-state index in [1.165, 1.54) is 5.57 Å². The standard InChI is InChI=1S/C15H12Br2N2O/c16-13-12(8-2-1-3-9(8)14(13)20)7-4-5-11-10(6-7)15(17)19-18-11/h4-6,8-9H,1-3H2,(H,18,19). The lowest BCUT2D eigenvalue weighted by atomic mass is 9.90. The van der Waals surface area contributed by atoms with Crippen molar-refractivity contribution in [1.29, 1.82) is 0 Å². The van der Waals surface area contributed by atoms with Gasteiger partial charge in [-0.3, -0.25) is 9.89 Å². The minimum absolute atomic E-state index is 0.197. The van der Waals surface area contributed by atoms with Gasteiger partial charge in [-0.15, -0.1) is 0 Å². The Labute approximate surface area is 133 Å². The van der Waals surface area contributed by atoms with E-state index in [9.17, 15) is 4.79 Å². The van der Waals surface area contributed by atoms with Gasteiger partial charge in [0.15, 0.2) is 5.78 Å². The fraction of sp³-hybridized carbons (Fsp3) is 0.333. The molecule has 3 nitrogen and oxygen atoms in total. The van der Waals surface area contributed by atoms with Crippen LogP contribution in [0.1, 0.15) is 24.8 Å². The summed E-state index contributed by atoms with van der Waals surface area (Å²) in [6.45, 7) is 0. The van der Waals surface area contributed by atoms with E-state index in [1.807, 2.05) is 6.07 Å². The summed E-state index contributed by atoms with van der Waals surface area (Å²) in [7, 11) is 0. The number of carbonyl (C=O) groups excluding carboxylic acids is 1. The molecule has 1 aromatic carbocycles. The molecule has 0 spiro atoms. The highest BCUT2D eigenvalue weighted by Gasteiger charge is 2.43. The molecule has 1 fully saturated rings. The Morgan fingerprint density at radius 3 is 2.85 bits per heavy atom. The zero-order valence-corrected chi connectivity index (χ0v) is 13.8. The highest BCUT2D eigenvalue weighted by molar-refractivity contribution is 9.12. The monoisotopic (exact) mass is 394 g/mol. The molecule has 20 heavy (non-hydrogen) atoms. The molecule has 0 radical (unpaired) electrons. The number of hydrogen-bond donors (Lipinski definition) is 1. The largest absolute Gasteiger partial charge is 0.293 e. The van der Waals surface area contributed by atoms with E-state index in [4.69, 9.17) is 0 Å². The van der Waals surface area contributed by atoms with Gasteiger partial charge in [0.1, 0.15) is 4.60 Å². The maximum atomic E-state index is 12.3. The average Bonchev–Trinajstić information content (AvgIpc) is 3.11. The molecule has 102 valence electrons. The normalized spacial score (nSPS) is 25.8. The van der Waals surface area contributed by atoms with Crippen molar-refractivity contribution in [2.24, 2.45) is 11.8 Å². The number of Topliss-reactive ketones (excluding diaryl/α,β-unsaturated/α-hetero) is 1. The van der Waals surface area contributed by atoms with E-state index in [2.05, 4.69) is 54.2 Å². The van der Waals surface area contributed by atoms with Crippen LogP contribution in [0.3, 0.4) is 0 Å². The van der Waals surface area contributed by atoms with Crippen LogP contribution in [-0.4, -0.2) is 16.0 Å². The number of allylic oxidation sites excluding steroid dienone is 2. The summed E-state index contributed by atoms with van der Waals surface area (Å²) in [5.41, 5.74) is 3.26. The van der Waals surface area contributed by atoms with Gasteiger partial charge in [0.05, 0.1) is 10.00 Å². The molecule has 1 aromatic heterocycles. The first-order valence-electron chi connectivity index (χ1n) is 6.74. The molecule has 1 saturated carbocycles. The molecule has 2 aromatic rings. The van der Waals surface area contributed by atoms with Crippen molar-refractivity contribution in [3.8, 4) is 0 Å². The Morgan fingerprint density at radius 1 is 1.20 bits per heavy atom. The smallest absolute Gasteiger partial charge is 0.173 e. The van der Waals surface area contributed by atoms with Crippen LogP contribution in [0.15, 0.2) is 27.3 Å². The molecular formula is C15H12Br2N2O. The van der Waals surface area contributed by atoms with Crippen molar-refractivity contribution < 1.29 is 4.79 Å². The highest BCUT2D eigenvalue weighted by atomic mass is 79.9. The Kier molecular flexibility index (Phi) is 2.89. The van der Waals surface area contributed by atoms with Crippen LogP contribution < -0.4 is 0 Å². The third-order valence-corrected chi connectivity index (χ3v) is 5.92. The van der Waals surface area contributed by atoms with Gasteiger partial charge in [-0.05, 0) is 73.9 Å². The summed E-state index contributed by atoms with van der Waals surface area (Å²) >= 11 is 7.01. The lowest BCUT2D eigenvalue weighted by Gasteiger charge is -2.13. The number of benzene rings is 1. The Hall–Kier alpha value is -0.940. The number of halogens is 2. The predicted molar refractivity (Wildman–Crippen MR) is 85.5 cm³/mol. The van der Waals surface area contributed by atoms with Crippen LogP contribution in [0, 0.1) is 11.8 Å². The van der Waals surface area contributed by atoms with E-state index < -0.39 is 0 Å². The van der Waals surface area contributed by atoms with Gasteiger partial charge in [0.2, 0.25) is 0 Å².